The van der Waals surface area contributed by atoms with Gasteiger partial charge in [0.1, 0.15) is 12.2 Å². The lowest BCUT2D eigenvalue weighted by atomic mass is 10.0. The van der Waals surface area contributed by atoms with Gasteiger partial charge in [-0.1, -0.05) is 30.3 Å². The number of cyclic esters (lactones) is 2. The number of rotatable bonds is 2. The summed E-state index contributed by atoms with van der Waals surface area (Å²) in [6, 6.07) is 8.82. The molecule has 0 bridgehead atoms. The molecule has 2 aliphatic heterocycles. The third-order valence-electron chi connectivity index (χ3n) is 2.64. The molecule has 0 saturated heterocycles. The fraction of sp³-hybridized carbons (Fsp3) is 0.0769. The molecule has 18 heavy (non-hydrogen) atoms. The Balaban J connectivity index is 2.17. The summed E-state index contributed by atoms with van der Waals surface area (Å²) in [4.78, 5) is 33.0. The van der Waals surface area contributed by atoms with Gasteiger partial charge < -0.3 is 9.62 Å². The molecule has 1 aromatic rings. The molecule has 0 unspecified atom stereocenters. The first kappa shape index (κ1) is 10.7. The van der Waals surface area contributed by atoms with Crippen molar-refractivity contribution in [2.75, 3.05) is 6.61 Å². The van der Waals surface area contributed by atoms with Gasteiger partial charge in [-0.3, -0.25) is 0 Å². The van der Waals surface area contributed by atoms with Crippen molar-refractivity contribution < 1.29 is 24.1 Å². The van der Waals surface area contributed by atoms with Gasteiger partial charge in [-0.25, -0.2) is 9.59 Å². The summed E-state index contributed by atoms with van der Waals surface area (Å²) in [6.07, 6.45) is 1.58. The van der Waals surface area contributed by atoms with E-state index in [9.17, 15) is 9.59 Å². The molecule has 0 amide bonds. The van der Waals surface area contributed by atoms with Crippen LogP contribution in [-0.2, 0) is 24.1 Å². The first-order valence-corrected chi connectivity index (χ1v) is 5.33. The fourth-order valence-corrected chi connectivity index (χ4v) is 1.87. The summed E-state index contributed by atoms with van der Waals surface area (Å²) >= 11 is 0. The molecule has 0 aliphatic carbocycles. The first-order chi connectivity index (χ1) is 8.77. The molecule has 2 aliphatic rings. The van der Waals surface area contributed by atoms with E-state index in [4.69, 9.17) is 9.78 Å². The second kappa shape index (κ2) is 4.12. The van der Waals surface area contributed by atoms with Gasteiger partial charge in [0.2, 0.25) is 0 Å². The average Bonchev–Trinajstić information content (AvgIpc) is 2.97. The molecule has 0 aromatic heterocycles. The topological polar surface area (TPSA) is 61.8 Å². The maximum Gasteiger partial charge on any atom is 0.350 e. The highest BCUT2D eigenvalue weighted by Crippen LogP contribution is 2.33. The van der Waals surface area contributed by atoms with E-state index in [0.717, 1.165) is 0 Å². The summed E-state index contributed by atoms with van der Waals surface area (Å²) in [5, 5.41) is 0. The van der Waals surface area contributed by atoms with Gasteiger partial charge in [0.15, 0.2) is 5.76 Å². The van der Waals surface area contributed by atoms with E-state index in [1.54, 1.807) is 30.3 Å². The number of carbonyl (C=O) groups excluding carboxylic acids is 2. The second-order valence-corrected chi connectivity index (χ2v) is 3.73. The van der Waals surface area contributed by atoms with Crippen LogP contribution in [0.3, 0.4) is 0 Å². The molecule has 90 valence electrons. The molecule has 0 radical (unpaired) electrons. The van der Waals surface area contributed by atoms with Crippen molar-refractivity contribution in [3.05, 3.63) is 53.3 Å². The van der Waals surface area contributed by atoms with Crippen LogP contribution in [0.4, 0.5) is 0 Å². The molecule has 0 saturated carbocycles. The van der Waals surface area contributed by atoms with Gasteiger partial charge in [0.05, 0.1) is 5.57 Å². The minimum atomic E-state index is -0.712. The largest absolute Gasteiger partial charge is 0.386 e. The van der Waals surface area contributed by atoms with Crippen molar-refractivity contribution in [2.24, 2.45) is 0 Å². The molecule has 3 rings (SSSR count). The fourth-order valence-electron chi connectivity index (χ4n) is 1.87. The molecular weight excluding hydrogens is 236 g/mol. The van der Waals surface area contributed by atoms with Crippen molar-refractivity contribution in [3.63, 3.8) is 0 Å². The van der Waals surface area contributed by atoms with Gasteiger partial charge in [0, 0.05) is 0 Å². The van der Waals surface area contributed by atoms with Gasteiger partial charge in [-0.2, -0.15) is 4.89 Å². The predicted molar refractivity (Wildman–Crippen MR) is 59.6 cm³/mol. The summed E-state index contributed by atoms with van der Waals surface area (Å²) in [5.41, 5.74) is 0.931. The summed E-state index contributed by atoms with van der Waals surface area (Å²) < 4.78 is 4.62. The van der Waals surface area contributed by atoms with E-state index in [1.807, 2.05) is 6.07 Å². The zero-order chi connectivity index (χ0) is 12.5. The third kappa shape index (κ3) is 1.61. The predicted octanol–water partition coefficient (Wildman–Crippen LogP) is 1.37. The maximum absolute atomic E-state index is 11.7. The van der Waals surface area contributed by atoms with Crippen molar-refractivity contribution in [1.82, 2.24) is 0 Å². The molecule has 5 heteroatoms. The van der Waals surface area contributed by atoms with Crippen molar-refractivity contribution in [2.45, 2.75) is 0 Å². The zero-order valence-corrected chi connectivity index (χ0v) is 9.21. The lowest BCUT2D eigenvalue weighted by Crippen LogP contribution is -2.03. The quantitative estimate of drug-likeness (QED) is 0.446. The van der Waals surface area contributed by atoms with Crippen LogP contribution in [0.5, 0.6) is 0 Å². The van der Waals surface area contributed by atoms with Crippen molar-refractivity contribution in [1.29, 1.82) is 0 Å². The number of hydrogen-bond acceptors (Lipinski definition) is 5. The normalized spacial score (nSPS) is 18.8. The summed E-state index contributed by atoms with van der Waals surface area (Å²) in [5.74, 6) is -1.15. The van der Waals surface area contributed by atoms with E-state index in [1.165, 1.54) is 0 Å². The van der Waals surface area contributed by atoms with Crippen LogP contribution in [0.2, 0.25) is 0 Å². The van der Waals surface area contributed by atoms with Crippen LogP contribution in [0.15, 0.2) is 47.7 Å². The van der Waals surface area contributed by atoms with E-state index in [0.29, 0.717) is 5.56 Å². The lowest BCUT2D eigenvalue weighted by Gasteiger charge is -2.02. The molecule has 0 fully saturated rings. The molecule has 0 atom stereocenters. The number of benzene rings is 1. The smallest absolute Gasteiger partial charge is 0.350 e. The van der Waals surface area contributed by atoms with Gasteiger partial charge in [-0.05, 0) is 11.6 Å². The SMILES string of the molecule is O=C1OC(=O)C(c2ccccc2)=C1C1=CCOO1. The molecule has 1 aromatic carbocycles. The molecular formula is C13H8O5. The van der Waals surface area contributed by atoms with Crippen molar-refractivity contribution >= 4 is 17.5 Å². The third-order valence-corrected chi connectivity index (χ3v) is 2.64. The van der Waals surface area contributed by atoms with Gasteiger partial charge in [0.25, 0.3) is 0 Å². The Labute approximate surface area is 102 Å². The Hall–Kier alpha value is -2.40. The first-order valence-electron chi connectivity index (χ1n) is 5.33. The Bertz CT molecular complexity index is 583. The monoisotopic (exact) mass is 244 g/mol. The van der Waals surface area contributed by atoms with Gasteiger partial charge >= 0.3 is 11.9 Å². The van der Waals surface area contributed by atoms with Crippen LogP contribution >= 0.6 is 0 Å². The highest BCUT2D eigenvalue weighted by molar-refractivity contribution is 6.32. The second-order valence-electron chi connectivity index (χ2n) is 3.73. The standard InChI is InChI=1S/C13H8O5/c14-12-10(8-4-2-1-3-5-8)11(13(15)17-12)9-6-7-16-18-9/h1-6H,7H2. The van der Waals surface area contributed by atoms with E-state index >= 15 is 0 Å². The number of esters is 2. The van der Waals surface area contributed by atoms with E-state index < -0.39 is 11.9 Å². The van der Waals surface area contributed by atoms with Crippen LogP contribution in [-0.4, -0.2) is 18.5 Å². The Morgan fingerprint density at radius 1 is 0.944 bits per heavy atom. The lowest BCUT2D eigenvalue weighted by molar-refractivity contribution is -0.231. The van der Waals surface area contributed by atoms with E-state index in [2.05, 4.69) is 4.74 Å². The minimum Gasteiger partial charge on any atom is -0.386 e. The van der Waals surface area contributed by atoms with Crippen LogP contribution in [0.1, 0.15) is 5.56 Å². The highest BCUT2D eigenvalue weighted by atomic mass is 17.2. The molecule has 5 nitrogen and oxygen atoms in total. The van der Waals surface area contributed by atoms with Crippen LogP contribution in [0.25, 0.3) is 5.57 Å². The van der Waals surface area contributed by atoms with E-state index in [-0.39, 0.29) is 23.5 Å². The minimum absolute atomic E-state index is 0.115. The Morgan fingerprint density at radius 2 is 1.67 bits per heavy atom. The van der Waals surface area contributed by atoms with Crippen LogP contribution < -0.4 is 0 Å². The molecule has 0 N–H and O–H groups in total. The molecule has 0 spiro atoms. The number of ether oxygens (including phenoxy) is 1. The molecule has 2 heterocycles. The highest BCUT2D eigenvalue weighted by Gasteiger charge is 2.38. The van der Waals surface area contributed by atoms with Crippen molar-refractivity contribution in [3.8, 4) is 0 Å². The van der Waals surface area contributed by atoms with Gasteiger partial charge in [-0.15, -0.1) is 0 Å². The Kier molecular flexibility index (Phi) is 2.46. The zero-order valence-electron chi connectivity index (χ0n) is 9.21. The maximum atomic E-state index is 11.7. The average molecular weight is 244 g/mol. The Morgan fingerprint density at radius 3 is 2.33 bits per heavy atom. The summed E-state index contributed by atoms with van der Waals surface area (Å²) in [6.45, 7) is 0.238. The summed E-state index contributed by atoms with van der Waals surface area (Å²) in [7, 11) is 0. The number of carbonyl (C=O) groups is 2. The number of hydrogen-bond donors (Lipinski definition) is 0. The van der Waals surface area contributed by atoms with Crippen LogP contribution in [0, 0.1) is 0 Å².